The monoisotopic (exact) mass is 234 g/mol. The molecule has 0 bridgehead atoms. The first-order valence-corrected chi connectivity index (χ1v) is 6.14. The van der Waals surface area contributed by atoms with E-state index in [4.69, 9.17) is 0 Å². The highest BCUT2D eigenvalue weighted by atomic mass is 16.1. The SMILES string of the molecule is CCNC(C)CC(=O)Nc1cccc(C)c1C. The summed E-state index contributed by atoms with van der Waals surface area (Å²) in [6.45, 7) is 9.02. The minimum absolute atomic E-state index is 0.0622. The third-order valence-corrected chi connectivity index (χ3v) is 2.92. The quantitative estimate of drug-likeness (QED) is 0.822. The molecule has 1 rings (SSSR count). The fourth-order valence-corrected chi connectivity index (χ4v) is 1.79. The molecule has 0 aromatic heterocycles. The average molecular weight is 234 g/mol. The number of aryl methyl sites for hydroxylation is 1. The van der Waals surface area contributed by atoms with Crippen molar-refractivity contribution < 1.29 is 4.79 Å². The van der Waals surface area contributed by atoms with Crippen molar-refractivity contribution in [3.05, 3.63) is 29.3 Å². The van der Waals surface area contributed by atoms with Crippen LogP contribution >= 0.6 is 0 Å². The summed E-state index contributed by atoms with van der Waals surface area (Å²) >= 11 is 0. The highest BCUT2D eigenvalue weighted by Gasteiger charge is 2.09. The Morgan fingerprint density at radius 1 is 1.35 bits per heavy atom. The standard InChI is InChI=1S/C14H22N2O/c1-5-15-11(3)9-14(17)16-13-8-6-7-10(2)12(13)4/h6-8,11,15H,5,9H2,1-4H3,(H,16,17). The Morgan fingerprint density at radius 2 is 2.06 bits per heavy atom. The normalized spacial score (nSPS) is 12.2. The number of carbonyl (C=O) groups excluding carboxylic acids is 1. The summed E-state index contributed by atoms with van der Waals surface area (Å²) in [5.74, 6) is 0.0622. The first-order valence-electron chi connectivity index (χ1n) is 6.14. The van der Waals surface area contributed by atoms with Crippen LogP contribution < -0.4 is 10.6 Å². The summed E-state index contributed by atoms with van der Waals surface area (Å²) in [6, 6.07) is 6.17. The van der Waals surface area contributed by atoms with Crippen molar-refractivity contribution >= 4 is 11.6 Å². The molecule has 0 heterocycles. The van der Waals surface area contributed by atoms with Gasteiger partial charge in [0.25, 0.3) is 0 Å². The minimum atomic E-state index is 0.0622. The van der Waals surface area contributed by atoms with Gasteiger partial charge in [-0.1, -0.05) is 19.1 Å². The number of anilines is 1. The van der Waals surface area contributed by atoms with Crippen molar-refractivity contribution in [2.24, 2.45) is 0 Å². The van der Waals surface area contributed by atoms with Gasteiger partial charge < -0.3 is 10.6 Å². The fraction of sp³-hybridized carbons (Fsp3) is 0.500. The molecule has 0 spiro atoms. The van der Waals surface area contributed by atoms with E-state index in [0.29, 0.717) is 6.42 Å². The molecule has 0 radical (unpaired) electrons. The molecule has 3 heteroatoms. The van der Waals surface area contributed by atoms with Gasteiger partial charge in [-0.3, -0.25) is 4.79 Å². The summed E-state index contributed by atoms with van der Waals surface area (Å²) in [6.07, 6.45) is 0.501. The molecule has 94 valence electrons. The largest absolute Gasteiger partial charge is 0.326 e. The Hall–Kier alpha value is -1.35. The maximum absolute atomic E-state index is 11.8. The van der Waals surface area contributed by atoms with Gasteiger partial charge in [-0.25, -0.2) is 0 Å². The van der Waals surface area contributed by atoms with Crippen LogP contribution in [0.5, 0.6) is 0 Å². The number of hydrogen-bond acceptors (Lipinski definition) is 2. The lowest BCUT2D eigenvalue weighted by Crippen LogP contribution is -2.30. The second kappa shape index (κ2) is 6.40. The Morgan fingerprint density at radius 3 is 2.71 bits per heavy atom. The fourth-order valence-electron chi connectivity index (χ4n) is 1.79. The van der Waals surface area contributed by atoms with Crippen LogP contribution in [0.2, 0.25) is 0 Å². The Bertz CT molecular complexity index is 388. The van der Waals surface area contributed by atoms with Crippen molar-refractivity contribution in [1.82, 2.24) is 5.32 Å². The van der Waals surface area contributed by atoms with Crippen molar-refractivity contribution in [1.29, 1.82) is 0 Å². The first-order chi connectivity index (χ1) is 8.04. The van der Waals surface area contributed by atoms with Crippen molar-refractivity contribution in [2.45, 2.75) is 40.2 Å². The molecule has 0 saturated heterocycles. The molecule has 0 aliphatic heterocycles. The van der Waals surface area contributed by atoms with Crippen LogP contribution in [0, 0.1) is 13.8 Å². The summed E-state index contributed by atoms with van der Waals surface area (Å²) in [4.78, 5) is 11.8. The van der Waals surface area contributed by atoms with E-state index in [2.05, 4.69) is 10.6 Å². The van der Waals surface area contributed by atoms with E-state index in [9.17, 15) is 4.79 Å². The van der Waals surface area contributed by atoms with Gasteiger partial charge >= 0.3 is 0 Å². The molecule has 1 aromatic rings. The van der Waals surface area contributed by atoms with Gasteiger partial charge in [0.15, 0.2) is 0 Å². The molecule has 2 N–H and O–H groups in total. The van der Waals surface area contributed by atoms with Gasteiger partial charge in [0.1, 0.15) is 0 Å². The summed E-state index contributed by atoms with van der Waals surface area (Å²) in [7, 11) is 0. The van der Waals surface area contributed by atoms with Gasteiger partial charge in [0, 0.05) is 18.2 Å². The summed E-state index contributed by atoms with van der Waals surface area (Å²) in [5.41, 5.74) is 3.25. The predicted molar refractivity (Wildman–Crippen MR) is 72.3 cm³/mol. The number of hydrogen-bond donors (Lipinski definition) is 2. The third kappa shape index (κ3) is 4.19. The zero-order valence-corrected chi connectivity index (χ0v) is 11.1. The highest BCUT2D eigenvalue weighted by Crippen LogP contribution is 2.18. The third-order valence-electron chi connectivity index (χ3n) is 2.92. The zero-order valence-electron chi connectivity index (χ0n) is 11.1. The lowest BCUT2D eigenvalue weighted by Gasteiger charge is -2.14. The predicted octanol–water partition coefficient (Wildman–Crippen LogP) is 2.63. The summed E-state index contributed by atoms with van der Waals surface area (Å²) in [5, 5.41) is 6.19. The number of nitrogens with one attached hydrogen (secondary N) is 2. The molecule has 1 unspecified atom stereocenters. The van der Waals surface area contributed by atoms with E-state index in [1.54, 1.807) is 0 Å². The van der Waals surface area contributed by atoms with Gasteiger partial charge in [0.05, 0.1) is 0 Å². The van der Waals surface area contributed by atoms with Crippen molar-refractivity contribution in [2.75, 3.05) is 11.9 Å². The van der Waals surface area contributed by atoms with E-state index in [1.165, 1.54) is 5.56 Å². The van der Waals surface area contributed by atoms with E-state index < -0.39 is 0 Å². The van der Waals surface area contributed by atoms with Crippen LogP contribution in [0.25, 0.3) is 0 Å². The van der Waals surface area contributed by atoms with E-state index in [0.717, 1.165) is 17.8 Å². The zero-order chi connectivity index (χ0) is 12.8. The maximum atomic E-state index is 11.8. The smallest absolute Gasteiger partial charge is 0.225 e. The molecular weight excluding hydrogens is 212 g/mol. The Labute approximate surface area is 104 Å². The Balaban J connectivity index is 2.59. The van der Waals surface area contributed by atoms with Crippen LogP contribution in [0.15, 0.2) is 18.2 Å². The molecule has 0 aliphatic rings. The minimum Gasteiger partial charge on any atom is -0.326 e. The highest BCUT2D eigenvalue weighted by molar-refractivity contribution is 5.92. The second-order valence-corrected chi connectivity index (χ2v) is 4.46. The van der Waals surface area contributed by atoms with Crippen LogP contribution in [-0.2, 0) is 4.79 Å². The number of benzene rings is 1. The van der Waals surface area contributed by atoms with Gasteiger partial charge in [-0.15, -0.1) is 0 Å². The van der Waals surface area contributed by atoms with E-state index in [1.807, 2.05) is 45.9 Å². The van der Waals surface area contributed by atoms with Gasteiger partial charge in [-0.2, -0.15) is 0 Å². The number of rotatable bonds is 5. The lowest BCUT2D eigenvalue weighted by atomic mass is 10.1. The summed E-state index contributed by atoms with van der Waals surface area (Å²) < 4.78 is 0. The molecule has 0 saturated carbocycles. The molecule has 3 nitrogen and oxygen atoms in total. The lowest BCUT2D eigenvalue weighted by molar-refractivity contribution is -0.116. The molecule has 0 fully saturated rings. The van der Waals surface area contributed by atoms with Crippen LogP contribution in [0.3, 0.4) is 0 Å². The molecule has 1 aromatic carbocycles. The molecule has 0 aliphatic carbocycles. The van der Waals surface area contributed by atoms with Crippen LogP contribution in [-0.4, -0.2) is 18.5 Å². The van der Waals surface area contributed by atoms with Gasteiger partial charge in [-0.05, 0) is 44.5 Å². The van der Waals surface area contributed by atoms with Crippen LogP contribution in [0.1, 0.15) is 31.4 Å². The van der Waals surface area contributed by atoms with Gasteiger partial charge in [0.2, 0.25) is 5.91 Å². The first kappa shape index (κ1) is 13.7. The Kier molecular flexibility index (Phi) is 5.16. The van der Waals surface area contributed by atoms with E-state index in [-0.39, 0.29) is 11.9 Å². The van der Waals surface area contributed by atoms with E-state index >= 15 is 0 Å². The maximum Gasteiger partial charge on any atom is 0.225 e. The molecule has 1 atom stereocenters. The topological polar surface area (TPSA) is 41.1 Å². The molecular formula is C14H22N2O. The average Bonchev–Trinajstić information content (AvgIpc) is 2.25. The van der Waals surface area contributed by atoms with Crippen molar-refractivity contribution in [3.63, 3.8) is 0 Å². The van der Waals surface area contributed by atoms with Crippen molar-refractivity contribution in [3.8, 4) is 0 Å². The van der Waals surface area contributed by atoms with Crippen LogP contribution in [0.4, 0.5) is 5.69 Å². The second-order valence-electron chi connectivity index (χ2n) is 4.46. The molecule has 1 amide bonds. The number of carbonyl (C=O) groups is 1. The number of amides is 1. The molecule has 17 heavy (non-hydrogen) atoms.